The van der Waals surface area contributed by atoms with Crippen LogP contribution in [0, 0.1) is 11.8 Å². The molecule has 17 heavy (non-hydrogen) atoms. The van der Waals surface area contributed by atoms with Gasteiger partial charge in [-0.1, -0.05) is 19.8 Å². The average molecular weight is 241 g/mol. The summed E-state index contributed by atoms with van der Waals surface area (Å²) < 4.78 is 0. The minimum atomic E-state index is -0.611. The number of rotatable bonds is 3. The molecule has 0 aromatic heterocycles. The van der Waals surface area contributed by atoms with Crippen molar-refractivity contribution < 1.29 is 24.3 Å². The van der Waals surface area contributed by atoms with Gasteiger partial charge in [0.15, 0.2) is 0 Å². The summed E-state index contributed by atoms with van der Waals surface area (Å²) in [6.45, 7) is 1.60. The molecule has 0 bridgehead atoms. The van der Waals surface area contributed by atoms with Gasteiger partial charge >= 0.3 is 5.97 Å². The predicted molar refractivity (Wildman–Crippen MR) is 54.8 cm³/mol. The van der Waals surface area contributed by atoms with Crippen molar-refractivity contribution in [2.75, 3.05) is 0 Å². The first kappa shape index (κ1) is 12.0. The van der Waals surface area contributed by atoms with Crippen LogP contribution in [0.15, 0.2) is 0 Å². The van der Waals surface area contributed by atoms with Crippen LogP contribution in [-0.2, 0) is 24.3 Å². The minimum Gasteiger partial charge on any atom is -0.274 e. The van der Waals surface area contributed by atoms with Crippen molar-refractivity contribution in [2.45, 2.75) is 39.0 Å². The maximum Gasteiger partial charge on any atom is 0.344 e. The fourth-order valence-corrected chi connectivity index (χ4v) is 2.34. The third-order valence-electron chi connectivity index (χ3n) is 3.29. The molecular weight excluding hydrogens is 226 g/mol. The number of hydrogen-bond acceptors (Lipinski definition) is 5. The molecule has 1 aliphatic heterocycles. The molecule has 1 saturated carbocycles. The van der Waals surface area contributed by atoms with Crippen LogP contribution in [-0.4, -0.2) is 22.8 Å². The fourth-order valence-electron chi connectivity index (χ4n) is 2.34. The van der Waals surface area contributed by atoms with E-state index in [-0.39, 0.29) is 30.1 Å². The van der Waals surface area contributed by atoms with Gasteiger partial charge in [-0.25, -0.2) is 4.79 Å². The van der Waals surface area contributed by atoms with Gasteiger partial charge in [0.1, 0.15) is 0 Å². The highest BCUT2D eigenvalue weighted by molar-refractivity contribution is 6.04. The number of hydroxylamine groups is 2. The average Bonchev–Trinajstić information content (AvgIpc) is 2.60. The van der Waals surface area contributed by atoms with Crippen LogP contribution in [0.3, 0.4) is 0 Å². The molecule has 1 saturated heterocycles. The van der Waals surface area contributed by atoms with Crippen molar-refractivity contribution in [3.8, 4) is 0 Å². The molecule has 0 radical (unpaired) electrons. The Morgan fingerprint density at radius 1 is 1.24 bits per heavy atom. The largest absolute Gasteiger partial charge is 0.344 e. The number of imide groups is 1. The molecule has 6 nitrogen and oxygen atoms in total. The van der Waals surface area contributed by atoms with Crippen LogP contribution in [0.1, 0.15) is 39.0 Å². The Hall–Kier alpha value is -1.43. The summed E-state index contributed by atoms with van der Waals surface area (Å²) in [4.78, 5) is 43.5. The van der Waals surface area contributed by atoms with Crippen molar-refractivity contribution in [1.29, 1.82) is 0 Å². The molecule has 6 heteroatoms. The molecule has 2 rings (SSSR count). The van der Waals surface area contributed by atoms with Crippen molar-refractivity contribution in [3.05, 3.63) is 0 Å². The predicted octanol–water partition coefficient (Wildman–Crippen LogP) is 0.961. The standard InChI is InChI=1S/C11H15NO5/c1-2-9(13)16-17-12-10(14)7-5-3-4-6-8(7)11(12)15/h7-8H,2-6H2,1H3. The van der Waals surface area contributed by atoms with E-state index in [2.05, 4.69) is 9.88 Å². The molecular formula is C11H15NO5. The Balaban J connectivity index is 2.00. The van der Waals surface area contributed by atoms with Gasteiger partial charge in [0.25, 0.3) is 11.8 Å². The van der Waals surface area contributed by atoms with Crippen LogP contribution in [0.4, 0.5) is 0 Å². The maximum absolute atomic E-state index is 11.8. The van der Waals surface area contributed by atoms with Crippen LogP contribution in [0.2, 0.25) is 0 Å². The lowest BCUT2D eigenvalue weighted by molar-refractivity contribution is -0.365. The van der Waals surface area contributed by atoms with E-state index in [4.69, 9.17) is 0 Å². The van der Waals surface area contributed by atoms with Gasteiger partial charge in [0.05, 0.1) is 11.8 Å². The van der Waals surface area contributed by atoms with E-state index in [9.17, 15) is 14.4 Å². The summed E-state index contributed by atoms with van der Waals surface area (Å²) in [6.07, 6.45) is 3.43. The zero-order valence-electron chi connectivity index (χ0n) is 9.68. The lowest BCUT2D eigenvalue weighted by atomic mass is 9.81. The maximum atomic E-state index is 11.8. The number of nitrogens with zero attached hydrogens (tertiary/aromatic N) is 1. The second kappa shape index (κ2) is 4.83. The molecule has 0 spiro atoms. The van der Waals surface area contributed by atoms with Crippen LogP contribution < -0.4 is 0 Å². The number of hydrogen-bond donors (Lipinski definition) is 0. The normalized spacial score (nSPS) is 28.2. The zero-order chi connectivity index (χ0) is 12.4. The van der Waals surface area contributed by atoms with Gasteiger partial charge in [0.2, 0.25) is 0 Å². The van der Waals surface area contributed by atoms with E-state index in [1.54, 1.807) is 6.92 Å². The molecule has 1 heterocycles. The Bertz CT molecular complexity index is 330. The van der Waals surface area contributed by atoms with Gasteiger partial charge in [-0.15, -0.1) is 5.06 Å². The molecule has 2 aliphatic rings. The van der Waals surface area contributed by atoms with Gasteiger partial charge < -0.3 is 0 Å². The molecule has 2 fully saturated rings. The second-order valence-electron chi connectivity index (χ2n) is 4.35. The van der Waals surface area contributed by atoms with E-state index in [1.807, 2.05) is 0 Å². The Morgan fingerprint density at radius 2 is 1.76 bits per heavy atom. The quantitative estimate of drug-likeness (QED) is 0.418. The lowest BCUT2D eigenvalue weighted by Crippen LogP contribution is -2.32. The first-order chi connectivity index (χ1) is 8.15. The molecule has 2 unspecified atom stereocenters. The lowest BCUT2D eigenvalue weighted by Gasteiger charge is -2.19. The molecule has 2 amide bonds. The third-order valence-corrected chi connectivity index (χ3v) is 3.29. The summed E-state index contributed by atoms with van der Waals surface area (Å²) in [6, 6.07) is 0. The van der Waals surface area contributed by atoms with E-state index in [0.29, 0.717) is 17.9 Å². The highest BCUT2D eigenvalue weighted by Gasteiger charge is 2.50. The number of amides is 2. The highest BCUT2D eigenvalue weighted by atomic mass is 17.3. The molecule has 0 aromatic rings. The topological polar surface area (TPSA) is 72.9 Å². The van der Waals surface area contributed by atoms with E-state index < -0.39 is 5.97 Å². The smallest absolute Gasteiger partial charge is 0.274 e. The summed E-state index contributed by atoms with van der Waals surface area (Å²) in [5.41, 5.74) is 0. The Kier molecular flexibility index (Phi) is 3.42. The van der Waals surface area contributed by atoms with Crippen molar-refractivity contribution in [3.63, 3.8) is 0 Å². The summed E-state index contributed by atoms with van der Waals surface area (Å²) in [5.74, 6) is -1.97. The van der Waals surface area contributed by atoms with Crippen molar-refractivity contribution in [2.24, 2.45) is 11.8 Å². The second-order valence-corrected chi connectivity index (χ2v) is 4.35. The van der Waals surface area contributed by atoms with E-state index in [1.165, 1.54) is 0 Å². The summed E-state index contributed by atoms with van der Waals surface area (Å²) in [7, 11) is 0. The molecule has 1 aliphatic carbocycles. The van der Waals surface area contributed by atoms with E-state index >= 15 is 0 Å². The van der Waals surface area contributed by atoms with Crippen LogP contribution in [0.5, 0.6) is 0 Å². The minimum absolute atomic E-state index is 0.128. The van der Waals surface area contributed by atoms with Gasteiger partial charge in [-0.3, -0.25) is 14.5 Å². The molecule has 0 N–H and O–H groups in total. The van der Waals surface area contributed by atoms with Crippen molar-refractivity contribution >= 4 is 17.8 Å². The van der Waals surface area contributed by atoms with Crippen molar-refractivity contribution in [1.82, 2.24) is 5.06 Å². The first-order valence-corrected chi connectivity index (χ1v) is 5.90. The Morgan fingerprint density at radius 3 is 2.24 bits per heavy atom. The molecule has 94 valence electrons. The number of fused-ring (bicyclic) bond motifs is 1. The monoisotopic (exact) mass is 241 g/mol. The Labute approximate surface area is 98.7 Å². The van der Waals surface area contributed by atoms with E-state index in [0.717, 1.165) is 12.8 Å². The molecule has 2 atom stereocenters. The van der Waals surface area contributed by atoms with Gasteiger partial charge in [-0.2, -0.15) is 0 Å². The van der Waals surface area contributed by atoms with Gasteiger partial charge in [0, 0.05) is 6.42 Å². The first-order valence-electron chi connectivity index (χ1n) is 5.90. The number of carbonyl (C=O) groups excluding carboxylic acids is 3. The fraction of sp³-hybridized carbons (Fsp3) is 0.727. The summed E-state index contributed by atoms with van der Waals surface area (Å²) >= 11 is 0. The SMILES string of the molecule is CCC(=O)OON1C(=O)C2CCCCC2C1=O. The third kappa shape index (κ3) is 2.17. The van der Waals surface area contributed by atoms with Crippen LogP contribution >= 0.6 is 0 Å². The number of carbonyl (C=O) groups is 3. The van der Waals surface area contributed by atoms with Gasteiger partial charge in [-0.05, 0) is 17.8 Å². The molecule has 0 aromatic carbocycles. The zero-order valence-corrected chi connectivity index (χ0v) is 9.68. The highest BCUT2D eigenvalue weighted by Crippen LogP contribution is 2.38. The summed E-state index contributed by atoms with van der Waals surface area (Å²) in [5, 5.41) is 0.605. The van der Waals surface area contributed by atoms with Crippen LogP contribution in [0.25, 0.3) is 0 Å².